The maximum atomic E-state index is 3.92. The number of aryl methyl sites for hydroxylation is 6. The molecule has 0 aliphatic rings. The standard InChI is InChI=1S/C6H7N.4C5H6N2.C4H5N3.6C2H6/c1-6-3-2-4-7-5-6;1-5-2-6-4-7-3-5;1-5-4-6-2-3-7-5;1-5-2-3-6-4-7-5;1-5-6-3-2-4-7-5;1-4-6-2-5-3-7-4;6*1-2/h2-5H,1H3;4*2-4H,1H3;2-3H,1H3;6*1-2H3. The van der Waals surface area contributed by atoms with Gasteiger partial charge in [0.15, 0.2) is 0 Å². The van der Waals surface area contributed by atoms with E-state index < -0.39 is 0 Å². The van der Waals surface area contributed by atoms with E-state index in [1.807, 2.05) is 149 Å². The Kier molecular flexibility index (Phi) is 63.8. The van der Waals surface area contributed by atoms with Crippen LogP contribution in [0.2, 0.25) is 0 Å². The molecular formula is C42H72N12. The van der Waals surface area contributed by atoms with Gasteiger partial charge in [-0.25, -0.2) is 44.9 Å². The second-order valence-corrected chi connectivity index (χ2v) is 8.13. The predicted octanol–water partition coefficient (Wildman–Crippen LogP) is 10.9. The molecule has 300 valence electrons. The summed E-state index contributed by atoms with van der Waals surface area (Å²) in [5, 5.41) is 0. The van der Waals surface area contributed by atoms with Crippen molar-refractivity contribution in [3.8, 4) is 0 Å². The molecule has 0 atom stereocenters. The molecule has 0 radical (unpaired) electrons. The first-order chi connectivity index (χ1) is 26.4. The molecule has 0 unspecified atom stereocenters. The van der Waals surface area contributed by atoms with Crippen LogP contribution in [-0.4, -0.2) is 59.8 Å². The zero-order valence-corrected chi connectivity index (χ0v) is 36.8. The fourth-order valence-corrected chi connectivity index (χ4v) is 2.22. The van der Waals surface area contributed by atoms with Crippen molar-refractivity contribution < 1.29 is 0 Å². The lowest BCUT2D eigenvalue weighted by atomic mass is 10.3. The van der Waals surface area contributed by atoms with Crippen molar-refractivity contribution in [2.75, 3.05) is 0 Å². The highest BCUT2D eigenvalue weighted by Crippen LogP contribution is 1.88. The molecule has 0 aromatic carbocycles. The van der Waals surface area contributed by atoms with Crippen LogP contribution < -0.4 is 0 Å². The van der Waals surface area contributed by atoms with Crippen LogP contribution in [0.3, 0.4) is 0 Å². The summed E-state index contributed by atoms with van der Waals surface area (Å²) in [6, 6.07) is 7.61. The summed E-state index contributed by atoms with van der Waals surface area (Å²) in [5.41, 5.74) is 4.28. The average Bonchev–Trinajstić information content (AvgIpc) is 3.25. The Labute approximate surface area is 329 Å². The summed E-state index contributed by atoms with van der Waals surface area (Å²) >= 11 is 0. The van der Waals surface area contributed by atoms with Gasteiger partial charge in [-0.1, -0.05) is 89.2 Å². The lowest BCUT2D eigenvalue weighted by molar-refractivity contribution is 0.974. The molecule has 0 spiro atoms. The van der Waals surface area contributed by atoms with E-state index >= 15 is 0 Å². The molecule has 0 bridgehead atoms. The first kappa shape index (κ1) is 60.6. The molecule has 0 fully saturated rings. The van der Waals surface area contributed by atoms with Crippen LogP contribution in [0.1, 0.15) is 117 Å². The molecule has 0 saturated heterocycles. The Bertz CT molecular complexity index is 1110. The monoisotopic (exact) mass is 745 g/mol. The highest BCUT2D eigenvalue weighted by Gasteiger charge is 1.77. The van der Waals surface area contributed by atoms with E-state index in [2.05, 4.69) is 59.8 Å². The van der Waals surface area contributed by atoms with E-state index in [0.717, 1.165) is 28.6 Å². The van der Waals surface area contributed by atoms with E-state index in [0.29, 0.717) is 0 Å². The SMILES string of the molecule is CC.CC.CC.CC.CC.CC.Cc1cccnc1.Cc1ccncn1.Cc1cnccn1.Cc1cncnc1.Cc1ncccn1.Cc1ncncn1. The molecule has 12 nitrogen and oxygen atoms in total. The Morgan fingerprint density at radius 2 is 0.778 bits per heavy atom. The molecule has 0 amide bonds. The molecule has 6 rings (SSSR count). The predicted molar refractivity (Wildman–Crippen MR) is 229 cm³/mol. The number of rotatable bonds is 0. The van der Waals surface area contributed by atoms with Crippen LogP contribution in [0.25, 0.3) is 0 Å². The molecule has 6 aromatic heterocycles. The Balaban J connectivity index is -0.000000121. The van der Waals surface area contributed by atoms with Gasteiger partial charge in [-0.05, 0) is 70.9 Å². The number of nitrogens with zero attached hydrogens (tertiary/aromatic N) is 12. The largest absolute Gasteiger partial charge is 0.264 e. The summed E-state index contributed by atoms with van der Waals surface area (Å²) in [5.74, 6) is 1.58. The van der Waals surface area contributed by atoms with E-state index in [1.54, 1.807) is 61.8 Å². The van der Waals surface area contributed by atoms with Gasteiger partial charge in [-0.2, -0.15) is 0 Å². The molecule has 0 aliphatic heterocycles. The van der Waals surface area contributed by atoms with E-state index in [-0.39, 0.29) is 0 Å². The maximum Gasteiger partial charge on any atom is 0.128 e. The van der Waals surface area contributed by atoms with Gasteiger partial charge in [-0.3, -0.25) is 15.0 Å². The second kappa shape index (κ2) is 56.8. The summed E-state index contributed by atoms with van der Waals surface area (Å²) < 4.78 is 0. The molecular weight excluding hydrogens is 673 g/mol. The van der Waals surface area contributed by atoms with Gasteiger partial charge in [0.25, 0.3) is 0 Å². The molecule has 0 N–H and O–H groups in total. The molecule has 12 heteroatoms. The van der Waals surface area contributed by atoms with Crippen molar-refractivity contribution >= 4 is 0 Å². The molecule has 0 aliphatic carbocycles. The number of aromatic nitrogens is 12. The minimum atomic E-state index is 0.759. The van der Waals surface area contributed by atoms with E-state index in [9.17, 15) is 0 Å². The zero-order valence-electron chi connectivity index (χ0n) is 36.8. The molecule has 54 heavy (non-hydrogen) atoms. The number of hydrogen-bond acceptors (Lipinski definition) is 12. The van der Waals surface area contributed by atoms with Gasteiger partial charge in [0.1, 0.15) is 37.0 Å². The van der Waals surface area contributed by atoms with Gasteiger partial charge in [0, 0.05) is 67.7 Å². The Hall–Kier alpha value is -5.52. The molecule has 6 heterocycles. The Morgan fingerprint density at radius 3 is 1.00 bits per heavy atom. The average molecular weight is 745 g/mol. The van der Waals surface area contributed by atoms with Crippen LogP contribution in [0.5, 0.6) is 0 Å². The fraction of sp³-hybridized carbons (Fsp3) is 0.429. The van der Waals surface area contributed by atoms with Gasteiger partial charge in [0.05, 0.1) is 5.69 Å². The van der Waals surface area contributed by atoms with Crippen molar-refractivity contribution in [3.05, 3.63) is 146 Å². The van der Waals surface area contributed by atoms with Gasteiger partial charge in [-0.15, -0.1) is 0 Å². The summed E-state index contributed by atoms with van der Waals surface area (Å²) in [4.78, 5) is 45.6. The third-order valence-electron chi connectivity index (χ3n) is 4.24. The zero-order chi connectivity index (χ0) is 42.7. The molecule has 0 saturated carbocycles. The highest BCUT2D eigenvalue weighted by molar-refractivity contribution is 5.04. The van der Waals surface area contributed by atoms with Gasteiger partial charge in [0.2, 0.25) is 0 Å². The Morgan fingerprint density at radius 1 is 0.296 bits per heavy atom. The fourth-order valence-electron chi connectivity index (χ4n) is 2.22. The van der Waals surface area contributed by atoms with Crippen LogP contribution in [0.4, 0.5) is 0 Å². The summed E-state index contributed by atoms with van der Waals surface area (Å²) in [6.45, 7) is 35.5. The van der Waals surface area contributed by atoms with E-state index in [1.165, 1.54) is 30.9 Å². The highest BCUT2D eigenvalue weighted by atomic mass is 15.0. The van der Waals surface area contributed by atoms with Crippen molar-refractivity contribution in [1.82, 2.24) is 59.8 Å². The maximum absolute atomic E-state index is 3.92. The minimum absolute atomic E-state index is 0.759. The minimum Gasteiger partial charge on any atom is -0.264 e. The van der Waals surface area contributed by atoms with Crippen LogP contribution in [-0.2, 0) is 0 Å². The number of pyridine rings is 1. The summed E-state index contributed by atoms with van der Waals surface area (Å²) in [7, 11) is 0. The quantitative estimate of drug-likeness (QED) is 0.145. The second-order valence-electron chi connectivity index (χ2n) is 8.13. The van der Waals surface area contributed by atoms with E-state index in [4.69, 9.17) is 0 Å². The van der Waals surface area contributed by atoms with Crippen LogP contribution in [0, 0.1) is 41.5 Å². The number of hydrogen-bond donors (Lipinski definition) is 0. The van der Waals surface area contributed by atoms with Crippen molar-refractivity contribution in [3.63, 3.8) is 0 Å². The lowest BCUT2D eigenvalue weighted by Gasteiger charge is -1.82. The van der Waals surface area contributed by atoms with Crippen molar-refractivity contribution in [2.45, 2.75) is 125 Å². The lowest BCUT2D eigenvalue weighted by Crippen LogP contribution is -1.84. The third-order valence-corrected chi connectivity index (χ3v) is 4.24. The van der Waals surface area contributed by atoms with Crippen molar-refractivity contribution in [2.24, 2.45) is 0 Å². The smallest absolute Gasteiger partial charge is 0.128 e. The van der Waals surface area contributed by atoms with Gasteiger partial charge < -0.3 is 0 Å². The van der Waals surface area contributed by atoms with Crippen LogP contribution in [0.15, 0.2) is 112 Å². The first-order valence-electron chi connectivity index (χ1n) is 18.7. The molecule has 6 aromatic rings. The van der Waals surface area contributed by atoms with Crippen LogP contribution >= 0.6 is 0 Å². The third kappa shape index (κ3) is 53.3. The first-order valence-corrected chi connectivity index (χ1v) is 18.7. The summed E-state index contributed by atoms with van der Waals surface area (Å²) in [6.07, 6.45) is 23.4. The normalized spacial score (nSPS) is 7.44. The van der Waals surface area contributed by atoms with Crippen molar-refractivity contribution in [1.29, 1.82) is 0 Å². The topological polar surface area (TPSA) is 155 Å². The van der Waals surface area contributed by atoms with Gasteiger partial charge >= 0.3 is 0 Å².